The number of fused-ring (bicyclic) bond motifs is 1. The molecule has 0 saturated carbocycles. The molecule has 1 N–H and O–H groups in total. The number of amides is 1. The number of hydrogen-bond donors (Lipinski definition) is 1. The van der Waals surface area contributed by atoms with Crippen LogP contribution in [0.15, 0.2) is 53.4 Å². The summed E-state index contributed by atoms with van der Waals surface area (Å²) in [7, 11) is 0. The average molecular weight is 282 g/mol. The van der Waals surface area contributed by atoms with Gasteiger partial charge in [-0.1, -0.05) is 42.5 Å². The van der Waals surface area contributed by atoms with Crippen molar-refractivity contribution in [2.45, 2.75) is 13.0 Å². The van der Waals surface area contributed by atoms with Crippen LogP contribution in [0.3, 0.4) is 0 Å². The lowest BCUT2D eigenvalue weighted by Gasteiger charge is -2.16. The fourth-order valence-corrected chi connectivity index (χ4v) is 2.83. The number of aromatic nitrogens is 1. The van der Waals surface area contributed by atoms with Crippen LogP contribution in [-0.4, -0.2) is 10.9 Å². The Bertz CT molecular complexity index is 732. The van der Waals surface area contributed by atoms with Gasteiger partial charge in [-0.25, -0.2) is 4.98 Å². The maximum absolute atomic E-state index is 12.1. The van der Waals surface area contributed by atoms with Gasteiger partial charge >= 0.3 is 0 Å². The second-order valence-electron chi connectivity index (χ2n) is 4.64. The molecule has 0 bridgehead atoms. The molecular weight excluding hydrogens is 268 g/mol. The minimum atomic E-state index is -0.133. The van der Waals surface area contributed by atoms with Crippen LogP contribution in [0, 0.1) is 0 Å². The number of carbonyl (C=O) groups is 1. The molecule has 1 atom stereocenters. The van der Waals surface area contributed by atoms with Gasteiger partial charge in [-0.15, -0.1) is 11.3 Å². The number of benzene rings is 2. The molecular formula is C16H14N2OS. The molecule has 0 spiro atoms. The average Bonchev–Trinajstić information content (AvgIpc) is 3.01. The van der Waals surface area contributed by atoms with Crippen molar-refractivity contribution in [1.82, 2.24) is 10.3 Å². The van der Waals surface area contributed by atoms with E-state index in [1.165, 1.54) is 22.1 Å². The molecule has 3 rings (SSSR count). The fourth-order valence-electron chi connectivity index (χ4n) is 2.30. The highest BCUT2D eigenvalue weighted by molar-refractivity contribution is 7.07. The monoisotopic (exact) mass is 282 g/mol. The van der Waals surface area contributed by atoms with Crippen molar-refractivity contribution >= 4 is 28.0 Å². The molecule has 100 valence electrons. The molecule has 3 nitrogen and oxygen atoms in total. The minimum Gasteiger partial charge on any atom is -0.344 e. The Morgan fingerprint density at radius 2 is 2.00 bits per heavy atom. The van der Waals surface area contributed by atoms with E-state index in [2.05, 4.69) is 28.5 Å². The highest BCUT2D eigenvalue weighted by Crippen LogP contribution is 2.24. The first-order chi connectivity index (χ1) is 9.75. The van der Waals surface area contributed by atoms with Crippen LogP contribution in [0.25, 0.3) is 10.8 Å². The summed E-state index contributed by atoms with van der Waals surface area (Å²) in [6.45, 7) is 1.99. The van der Waals surface area contributed by atoms with Crippen LogP contribution in [0.5, 0.6) is 0 Å². The van der Waals surface area contributed by atoms with Gasteiger partial charge < -0.3 is 5.32 Å². The summed E-state index contributed by atoms with van der Waals surface area (Å²) in [5.41, 5.74) is 3.26. The summed E-state index contributed by atoms with van der Waals surface area (Å²) >= 11 is 1.42. The fraction of sp³-hybridized carbons (Fsp3) is 0.125. The van der Waals surface area contributed by atoms with Crippen molar-refractivity contribution in [2.75, 3.05) is 0 Å². The molecule has 0 radical (unpaired) electrons. The lowest BCUT2D eigenvalue weighted by Crippen LogP contribution is -2.26. The number of nitrogens with one attached hydrogen (secondary N) is 1. The van der Waals surface area contributed by atoms with Crippen LogP contribution in [0.1, 0.15) is 29.0 Å². The predicted molar refractivity (Wildman–Crippen MR) is 81.9 cm³/mol. The van der Waals surface area contributed by atoms with Crippen molar-refractivity contribution in [3.8, 4) is 0 Å². The van der Waals surface area contributed by atoms with E-state index in [0.717, 1.165) is 5.56 Å². The second kappa shape index (κ2) is 5.43. The van der Waals surface area contributed by atoms with E-state index >= 15 is 0 Å². The van der Waals surface area contributed by atoms with Crippen LogP contribution in [-0.2, 0) is 0 Å². The SMILES string of the molecule is CC(NC(=O)c1cscn1)c1cccc2ccccc12. The normalized spacial score (nSPS) is 12.2. The third-order valence-corrected chi connectivity index (χ3v) is 3.89. The van der Waals surface area contributed by atoms with Gasteiger partial charge in [-0.3, -0.25) is 4.79 Å². The van der Waals surface area contributed by atoms with Crippen molar-refractivity contribution in [2.24, 2.45) is 0 Å². The summed E-state index contributed by atoms with van der Waals surface area (Å²) in [5.74, 6) is -0.133. The zero-order valence-corrected chi connectivity index (χ0v) is 11.9. The third kappa shape index (κ3) is 2.42. The van der Waals surface area contributed by atoms with Crippen molar-refractivity contribution in [3.63, 3.8) is 0 Å². The standard InChI is InChI=1S/C16H14N2OS/c1-11(18-16(19)15-9-20-10-17-15)13-8-4-6-12-5-2-3-7-14(12)13/h2-11H,1H3,(H,18,19). The molecule has 4 heteroatoms. The molecule has 3 aromatic rings. The van der Waals surface area contributed by atoms with E-state index < -0.39 is 0 Å². The Labute approximate surface area is 121 Å². The van der Waals surface area contributed by atoms with Gasteiger partial charge in [-0.2, -0.15) is 0 Å². The quantitative estimate of drug-likeness (QED) is 0.794. The highest BCUT2D eigenvalue weighted by Gasteiger charge is 2.14. The smallest absolute Gasteiger partial charge is 0.271 e. The van der Waals surface area contributed by atoms with Gasteiger partial charge in [0.15, 0.2) is 0 Å². The molecule has 0 fully saturated rings. The number of hydrogen-bond acceptors (Lipinski definition) is 3. The van der Waals surface area contributed by atoms with Gasteiger partial charge in [-0.05, 0) is 23.3 Å². The molecule has 1 heterocycles. The first kappa shape index (κ1) is 12.8. The van der Waals surface area contributed by atoms with Crippen molar-refractivity contribution in [1.29, 1.82) is 0 Å². The third-order valence-electron chi connectivity index (χ3n) is 3.30. The molecule has 0 aliphatic carbocycles. The first-order valence-electron chi connectivity index (χ1n) is 6.42. The Morgan fingerprint density at radius 1 is 1.20 bits per heavy atom. The zero-order chi connectivity index (χ0) is 13.9. The maximum Gasteiger partial charge on any atom is 0.271 e. The summed E-state index contributed by atoms with van der Waals surface area (Å²) in [4.78, 5) is 16.1. The second-order valence-corrected chi connectivity index (χ2v) is 5.36. The number of rotatable bonds is 3. The van der Waals surface area contributed by atoms with Gasteiger partial charge in [0.2, 0.25) is 0 Å². The van der Waals surface area contributed by atoms with Gasteiger partial charge in [0.1, 0.15) is 5.69 Å². The topological polar surface area (TPSA) is 42.0 Å². The molecule has 1 amide bonds. The molecule has 1 unspecified atom stereocenters. The Kier molecular flexibility index (Phi) is 3.48. The molecule has 20 heavy (non-hydrogen) atoms. The molecule has 0 aliphatic heterocycles. The Balaban J connectivity index is 1.89. The number of thiazole rings is 1. The van der Waals surface area contributed by atoms with Gasteiger partial charge in [0, 0.05) is 5.38 Å². The lowest BCUT2D eigenvalue weighted by molar-refractivity contribution is 0.0936. The van der Waals surface area contributed by atoms with Crippen LogP contribution in [0.2, 0.25) is 0 Å². The predicted octanol–water partition coefficient (Wildman–Crippen LogP) is 3.79. The summed E-state index contributed by atoms with van der Waals surface area (Å²) < 4.78 is 0. The Morgan fingerprint density at radius 3 is 2.80 bits per heavy atom. The van der Waals surface area contributed by atoms with Crippen LogP contribution >= 0.6 is 11.3 Å². The van der Waals surface area contributed by atoms with Gasteiger partial charge in [0.05, 0.1) is 11.6 Å². The van der Waals surface area contributed by atoms with Crippen LogP contribution in [0.4, 0.5) is 0 Å². The largest absolute Gasteiger partial charge is 0.344 e. The first-order valence-corrected chi connectivity index (χ1v) is 7.36. The zero-order valence-electron chi connectivity index (χ0n) is 11.0. The van der Waals surface area contributed by atoms with E-state index in [9.17, 15) is 4.79 Å². The number of nitrogens with zero attached hydrogens (tertiary/aromatic N) is 1. The maximum atomic E-state index is 12.1. The van der Waals surface area contributed by atoms with Gasteiger partial charge in [0.25, 0.3) is 5.91 Å². The summed E-state index contributed by atoms with van der Waals surface area (Å²) in [6, 6.07) is 14.3. The molecule has 2 aromatic carbocycles. The Hall–Kier alpha value is -2.20. The minimum absolute atomic E-state index is 0.0599. The van der Waals surface area contributed by atoms with Crippen molar-refractivity contribution in [3.05, 3.63) is 64.6 Å². The van der Waals surface area contributed by atoms with E-state index in [0.29, 0.717) is 5.69 Å². The van der Waals surface area contributed by atoms with E-state index in [4.69, 9.17) is 0 Å². The molecule has 0 aliphatic rings. The highest BCUT2D eigenvalue weighted by atomic mass is 32.1. The summed E-state index contributed by atoms with van der Waals surface area (Å²) in [5, 5.41) is 7.10. The number of carbonyl (C=O) groups excluding carboxylic acids is 1. The van der Waals surface area contributed by atoms with E-state index in [1.807, 2.05) is 31.2 Å². The van der Waals surface area contributed by atoms with Crippen LogP contribution < -0.4 is 5.32 Å². The lowest BCUT2D eigenvalue weighted by atomic mass is 9.99. The molecule has 1 aromatic heterocycles. The van der Waals surface area contributed by atoms with E-state index in [-0.39, 0.29) is 11.9 Å². The molecule has 0 saturated heterocycles. The summed E-state index contributed by atoms with van der Waals surface area (Å²) in [6.07, 6.45) is 0. The van der Waals surface area contributed by atoms with Crippen molar-refractivity contribution < 1.29 is 4.79 Å². The van der Waals surface area contributed by atoms with E-state index in [1.54, 1.807) is 10.9 Å².